The summed E-state index contributed by atoms with van der Waals surface area (Å²) in [6.45, 7) is 0. The lowest BCUT2D eigenvalue weighted by Gasteiger charge is -2.01. The number of phenols is 2. The number of nitrogens with one attached hydrogen (secondary N) is 1. The molecule has 86 valence electrons. The number of hydrogen-bond donors (Lipinski definition) is 3. The lowest BCUT2D eigenvalue weighted by Crippen LogP contribution is -1.82. The Morgan fingerprint density at radius 1 is 1.06 bits per heavy atom. The van der Waals surface area contributed by atoms with Gasteiger partial charge in [0.05, 0.1) is 12.6 Å². The van der Waals surface area contributed by atoms with Crippen molar-refractivity contribution in [2.45, 2.75) is 0 Å². The number of aromatic nitrogens is 1. The highest BCUT2D eigenvalue weighted by atomic mass is 16.5. The number of methoxy groups -OCH3 is 1. The van der Waals surface area contributed by atoms with Crippen molar-refractivity contribution in [2.24, 2.45) is 0 Å². The highest BCUT2D eigenvalue weighted by Crippen LogP contribution is 2.36. The minimum atomic E-state index is 0.135. The standard InChI is InChI=1S/C13H11NO3/c1-17-8-5-11-13(12(16)6-8)9-4-7(15)2-3-10(9)14-11/h2-6,14-16H,1H3. The van der Waals surface area contributed by atoms with Gasteiger partial charge >= 0.3 is 0 Å². The highest BCUT2D eigenvalue weighted by Gasteiger charge is 2.10. The van der Waals surface area contributed by atoms with Gasteiger partial charge in [-0.15, -0.1) is 0 Å². The quantitative estimate of drug-likeness (QED) is 0.601. The van der Waals surface area contributed by atoms with Gasteiger partial charge in [0.2, 0.25) is 0 Å². The Bertz CT molecular complexity index is 715. The van der Waals surface area contributed by atoms with E-state index in [4.69, 9.17) is 4.74 Å². The van der Waals surface area contributed by atoms with E-state index in [0.29, 0.717) is 11.1 Å². The van der Waals surface area contributed by atoms with E-state index in [0.717, 1.165) is 16.4 Å². The average Bonchev–Trinajstić information content (AvgIpc) is 2.66. The molecule has 0 saturated heterocycles. The first-order valence-corrected chi connectivity index (χ1v) is 5.20. The molecule has 0 aliphatic heterocycles. The number of benzene rings is 2. The second-order valence-electron chi connectivity index (χ2n) is 3.92. The second-order valence-corrected chi connectivity index (χ2v) is 3.92. The van der Waals surface area contributed by atoms with Crippen LogP contribution >= 0.6 is 0 Å². The van der Waals surface area contributed by atoms with Gasteiger partial charge in [0, 0.05) is 28.4 Å². The van der Waals surface area contributed by atoms with Crippen molar-refractivity contribution < 1.29 is 14.9 Å². The van der Waals surface area contributed by atoms with Crippen LogP contribution in [0.15, 0.2) is 30.3 Å². The van der Waals surface area contributed by atoms with Crippen LogP contribution in [-0.4, -0.2) is 22.3 Å². The summed E-state index contributed by atoms with van der Waals surface area (Å²) in [6.07, 6.45) is 0. The molecule has 1 heterocycles. The molecule has 17 heavy (non-hydrogen) atoms. The monoisotopic (exact) mass is 229 g/mol. The van der Waals surface area contributed by atoms with Crippen molar-refractivity contribution in [3.63, 3.8) is 0 Å². The van der Waals surface area contributed by atoms with Gasteiger partial charge in [-0.05, 0) is 18.2 Å². The maximum Gasteiger partial charge on any atom is 0.129 e. The molecule has 3 N–H and O–H groups in total. The number of hydrogen-bond acceptors (Lipinski definition) is 3. The van der Waals surface area contributed by atoms with E-state index < -0.39 is 0 Å². The summed E-state index contributed by atoms with van der Waals surface area (Å²) in [6, 6.07) is 8.37. The van der Waals surface area contributed by atoms with E-state index in [-0.39, 0.29) is 11.5 Å². The van der Waals surface area contributed by atoms with Crippen LogP contribution in [0.2, 0.25) is 0 Å². The SMILES string of the molecule is COc1cc(O)c2c(c1)[nH]c1ccc(O)cc12. The van der Waals surface area contributed by atoms with Crippen molar-refractivity contribution in [1.82, 2.24) is 4.98 Å². The van der Waals surface area contributed by atoms with Crippen molar-refractivity contribution >= 4 is 21.8 Å². The first kappa shape index (κ1) is 9.84. The third kappa shape index (κ3) is 1.38. The Balaban J connectivity index is 2.48. The first-order valence-electron chi connectivity index (χ1n) is 5.20. The molecule has 2 aromatic carbocycles. The fourth-order valence-electron chi connectivity index (χ4n) is 2.09. The van der Waals surface area contributed by atoms with Crippen LogP contribution in [0, 0.1) is 0 Å². The molecule has 0 saturated carbocycles. The zero-order chi connectivity index (χ0) is 12.0. The zero-order valence-electron chi connectivity index (χ0n) is 9.19. The summed E-state index contributed by atoms with van der Waals surface area (Å²) < 4.78 is 5.09. The molecule has 3 aromatic rings. The second kappa shape index (κ2) is 3.31. The third-order valence-electron chi connectivity index (χ3n) is 2.87. The summed E-state index contributed by atoms with van der Waals surface area (Å²) in [5, 5.41) is 20.9. The molecule has 0 radical (unpaired) electrons. The predicted octanol–water partition coefficient (Wildman–Crippen LogP) is 2.74. The summed E-state index contributed by atoms with van der Waals surface area (Å²) >= 11 is 0. The largest absolute Gasteiger partial charge is 0.508 e. The number of fused-ring (bicyclic) bond motifs is 3. The third-order valence-corrected chi connectivity index (χ3v) is 2.87. The lowest BCUT2D eigenvalue weighted by molar-refractivity contribution is 0.409. The Morgan fingerprint density at radius 2 is 1.88 bits per heavy atom. The Morgan fingerprint density at radius 3 is 2.65 bits per heavy atom. The molecule has 0 amide bonds. The average molecular weight is 229 g/mol. The van der Waals surface area contributed by atoms with Gasteiger partial charge in [0.15, 0.2) is 0 Å². The van der Waals surface area contributed by atoms with Crippen molar-refractivity contribution in [1.29, 1.82) is 0 Å². The van der Waals surface area contributed by atoms with Crippen molar-refractivity contribution in [2.75, 3.05) is 7.11 Å². The van der Waals surface area contributed by atoms with Crippen LogP contribution in [0.5, 0.6) is 17.2 Å². The van der Waals surface area contributed by atoms with Crippen LogP contribution < -0.4 is 4.74 Å². The maximum absolute atomic E-state index is 9.98. The normalized spacial score (nSPS) is 11.1. The van der Waals surface area contributed by atoms with E-state index in [1.54, 1.807) is 31.4 Å². The van der Waals surface area contributed by atoms with Crippen LogP contribution in [0.4, 0.5) is 0 Å². The van der Waals surface area contributed by atoms with E-state index >= 15 is 0 Å². The molecule has 0 fully saturated rings. The van der Waals surface area contributed by atoms with Gasteiger partial charge in [-0.2, -0.15) is 0 Å². The molecule has 0 unspecified atom stereocenters. The minimum Gasteiger partial charge on any atom is -0.508 e. The topological polar surface area (TPSA) is 65.5 Å². The Kier molecular flexibility index (Phi) is 1.92. The molecule has 1 aromatic heterocycles. The molecule has 0 atom stereocenters. The van der Waals surface area contributed by atoms with Gasteiger partial charge in [0.1, 0.15) is 17.2 Å². The fraction of sp³-hybridized carbons (Fsp3) is 0.0769. The molecule has 0 aliphatic carbocycles. The van der Waals surface area contributed by atoms with Crippen LogP contribution in [0.3, 0.4) is 0 Å². The molecular weight excluding hydrogens is 218 g/mol. The zero-order valence-corrected chi connectivity index (χ0v) is 9.19. The summed E-state index contributed by atoms with van der Waals surface area (Å²) in [5.74, 6) is 0.899. The van der Waals surface area contributed by atoms with E-state index in [1.807, 2.05) is 6.07 Å². The fourth-order valence-corrected chi connectivity index (χ4v) is 2.09. The van der Waals surface area contributed by atoms with Gasteiger partial charge in [0.25, 0.3) is 0 Å². The van der Waals surface area contributed by atoms with Crippen LogP contribution in [0.1, 0.15) is 0 Å². The first-order chi connectivity index (χ1) is 8.19. The summed E-state index contributed by atoms with van der Waals surface area (Å²) in [7, 11) is 1.55. The molecule has 4 nitrogen and oxygen atoms in total. The maximum atomic E-state index is 9.98. The summed E-state index contributed by atoms with van der Waals surface area (Å²) in [4.78, 5) is 3.17. The van der Waals surface area contributed by atoms with Gasteiger partial charge in [-0.25, -0.2) is 0 Å². The molecule has 0 bridgehead atoms. The van der Waals surface area contributed by atoms with E-state index in [2.05, 4.69) is 4.98 Å². The van der Waals surface area contributed by atoms with Gasteiger partial charge in [-0.3, -0.25) is 0 Å². The Labute approximate surface area is 97.1 Å². The molecular formula is C13H11NO3. The predicted molar refractivity (Wildman–Crippen MR) is 65.7 cm³/mol. The van der Waals surface area contributed by atoms with E-state index in [9.17, 15) is 10.2 Å². The lowest BCUT2D eigenvalue weighted by atomic mass is 10.1. The number of phenolic OH excluding ortho intramolecular Hbond substituents is 2. The van der Waals surface area contributed by atoms with Crippen LogP contribution in [0.25, 0.3) is 21.8 Å². The smallest absolute Gasteiger partial charge is 0.129 e. The molecule has 0 aliphatic rings. The van der Waals surface area contributed by atoms with Gasteiger partial charge in [-0.1, -0.05) is 0 Å². The molecule has 3 rings (SSSR count). The summed E-state index contributed by atoms with van der Waals surface area (Å²) in [5.41, 5.74) is 1.64. The Hall–Kier alpha value is -2.36. The molecule has 4 heteroatoms. The van der Waals surface area contributed by atoms with Crippen LogP contribution in [-0.2, 0) is 0 Å². The van der Waals surface area contributed by atoms with Gasteiger partial charge < -0.3 is 19.9 Å². The van der Waals surface area contributed by atoms with Crippen molar-refractivity contribution in [3.8, 4) is 17.2 Å². The van der Waals surface area contributed by atoms with Crippen molar-refractivity contribution in [3.05, 3.63) is 30.3 Å². The highest BCUT2D eigenvalue weighted by molar-refractivity contribution is 6.11. The number of aromatic hydroxyl groups is 2. The number of rotatable bonds is 1. The number of ether oxygens (including phenoxy) is 1. The minimum absolute atomic E-state index is 0.135. The number of aromatic amines is 1. The van der Waals surface area contributed by atoms with E-state index in [1.165, 1.54) is 0 Å². The molecule has 0 spiro atoms. The number of H-pyrrole nitrogens is 1.